The van der Waals surface area contributed by atoms with Gasteiger partial charge in [0.25, 0.3) is 5.91 Å². The van der Waals surface area contributed by atoms with Gasteiger partial charge in [-0.1, -0.05) is 24.3 Å². The molecule has 1 saturated heterocycles. The molecule has 2 aromatic rings. The van der Waals surface area contributed by atoms with Crippen molar-refractivity contribution >= 4 is 17.6 Å². The van der Waals surface area contributed by atoms with E-state index in [4.69, 9.17) is 0 Å². The number of piperidine rings is 1. The van der Waals surface area contributed by atoms with Crippen LogP contribution in [0.5, 0.6) is 0 Å². The summed E-state index contributed by atoms with van der Waals surface area (Å²) < 4.78 is 13.3. The summed E-state index contributed by atoms with van der Waals surface area (Å²) in [5, 5.41) is 8.61. The van der Waals surface area contributed by atoms with Gasteiger partial charge in [0.15, 0.2) is 0 Å². The zero-order valence-corrected chi connectivity index (χ0v) is 16.6. The largest absolute Gasteiger partial charge is 0.371 e. The number of halogens is 1. The van der Waals surface area contributed by atoms with Crippen LogP contribution in [-0.4, -0.2) is 37.6 Å². The zero-order chi connectivity index (χ0) is 20.6. The third kappa shape index (κ3) is 5.70. The molecule has 0 spiro atoms. The van der Waals surface area contributed by atoms with Gasteiger partial charge in [0.2, 0.25) is 0 Å². The van der Waals surface area contributed by atoms with E-state index in [1.807, 2.05) is 25.1 Å². The topological polar surface area (TPSA) is 73.5 Å². The second-order valence-corrected chi connectivity index (χ2v) is 7.09. The molecule has 0 atom stereocenters. The van der Waals surface area contributed by atoms with Gasteiger partial charge in [0.1, 0.15) is 5.82 Å². The molecule has 7 heteroatoms. The van der Waals surface area contributed by atoms with Gasteiger partial charge in [-0.2, -0.15) is 0 Å². The van der Waals surface area contributed by atoms with E-state index in [9.17, 15) is 14.0 Å². The summed E-state index contributed by atoms with van der Waals surface area (Å²) in [5.74, 6) is -0.506. The van der Waals surface area contributed by atoms with Crippen LogP contribution < -0.4 is 20.9 Å². The minimum atomic E-state index is -0.318. The highest BCUT2D eigenvalue weighted by Gasteiger charge is 2.23. The Balaban J connectivity index is 1.60. The number of nitrogens with one attached hydrogen (secondary N) is 3. The SMILES string of the molecule is CCNC(=O)NC1CCN(c2ccccc2C(=O)NCc2cccc(F)c2)CC1. The fraction of sp³-hybridized carbons (Fsp3) is 0.364. The molecule has 3 amide bonds. The molecule has 154 valence electrons. The maximum atomic E-state index is 13.3. The zero-order valence-electron chi connectivity index (χ0n) is 16.6. The van der Waals surface area contributed by atoms with Crippen LogP contribution in [0.1, 0.15) is 35.7 Å². The first-order valence-corrected chi connectivity index (χ1v) is 9.97. The first-order valence-electron chi connectivity index (χ1n) is 9.97. The van der Waals surface area contributed by atoms with Gasteiger partial charge in [-0.3, -0.25) is 4.79 Å². The van der Waals surface area contributed by atoms with Crippen LogP contribution in [-0.2, 0) is 6.54 Å². The van der Waals surface area contributed by atoms with Crippen molar-refractivity contribution in [3.8, 4) is 0 Å². The molecule has 3 rings (SSSR count). The van der Waals surface area contributed by atoms with Gasteiger partial charge in [0.05, 0.1) is 5.56 Å². The van der Waals surface area contributed by atoms with Crippen LogP contribution >= 0.6 is 0 Å². The summed E-state index contributed by atoms with van der Waals surface area (Å²) in [4.78, 5) is 26.6. The lowest BCUT2D eigenvalue weighted by Crippen LogP contribution is -2.48. The summed E-state index contributed by atoms with van der Waals surface area (Å²) in [5.41, 5.74) is 2.19. The average molecular weight is 398 g/mol. The molecular weight excluding hydrogens is 371 g/mol. The molecule has 0 aliphatic carbocycles. The summed E-state index contributed by atoms with van der Waals surface area (Å²) in [6.45, 7) is 4.27. The Morgan fingerprint density at radius 1 is 1.07 bits per heavy atom. The minimum Gasteiger partial charge on any atom is -0.371 e. The molecule has 0 aromatic heterocycles. The number of para-hydroxylation sites is 1. The minimum absolute atomic E-state index is 0.131. The smallest absolute Gasteiger partial charge is 0.314 e. The van der Waals surface area contributed by atoms with E-state index >= 15 is 0 Å². The van der Waals surface area contributed by atoms with Gasteiger partial charge in [-0.15, -0.1) is 0 Å². The normalized spacial score (nSPS) is 14.3. The predicted octanol–water partition coefficient (Wildman–Crippen LogP) is 3.04. The Morgan fingerprint density at radius 2 is 1.83 bits per heavy atom. The van der Waals surface area contributed by atoms with E-state index in [-0.39, 0.29) is 30.3 Å². The Kier molecular flexibility index (Phi) is 7.05. The second-order valence-electron chi connectivity index (χ2n) is 7.09. The Morgan fingerprint density at radius 3 is 2.55 bits per heavy atom. The Labute approximate surface area is 170 Å². The molecule has 1 aliphatic heterocycles. The first kappa shape index (κ1) is 20.6. The summed E-state index contributed by atoms with van der Waals surface area (Å²) >= 11 is 0. The number of carbonyl (C=O) groups excluding carboxylic acids is 2. The van der Waals surface area contributed by atoms with Crippen LogP contribution in [0.25, 0.3) is 0 Å². The van der Waals surface area contributed by atoms with Gasteiger partial charge >= 0.3 is 6.03 Å². The van der Waals surface area contributed by atoms with Gasteiger partial charge in [-0.25, -0.2) is 9.18 Å². The number of hydrogen-bond donors (Lipinski definition) is 3. The van der Waals surface area contributed by atoms with Crippen molar-refractivity contribution in [1.29, 1.82) is 0 Å². The van der Waals surface area contributed by atoms with Gasteiger partial charge < -0.3 is 20.9 Å². The lowest BCUT2D eigenvalue weighted by molar-refractivity contribution is 0.0951. The molecular formula is C22H27FN4O2. The third-order valence-corrected chi connectivity index (χ3v) is 5.00. The van der Waals surface area contributed by atoms with Crippen molar-refractivity contribution in [3.63, 3.8) is 0 Å². The molecule has 6 nitrogen and oxygen atoms in total. The van der Waals surface area contributed by atoms with Crippen molar-refractivity contribution in [1.82, 2.24) is 16.0 Å². The number of rotatable bonds is 6. The van der Waals surface area contributed by atoms with E-state index in [1.54, 1.807) is 18.2 Å². The molecule has 0 saturated carbocycles. The predicted molar refractivity (Wildman–Crippen MR) is 111 cm³/mol. The number of nitrogens with zero attached hydrogens (tertiary/aromatic N) is 1. The number of benzene rings is 2. The number of amides is 3. The fourth-order valence-electron chi connectivity index (χ4n) is 3.53. The fourth-order valence-corrected chi connectivity index (χ4v) is 3.53. The Bertz CT molecular complexity index is 850. The maximum Gasteiger partial charge on any atom is 0.314 e. The van der Waals surface area contributed by atoms with Crippen molar-refractivity contribution in [3.05, 3.63) is 65.5 Å². The van der Waals surface area contributed by atoms with Crippen LogP contribution in [0, 0.1) is 5.82 Å². The van der Waals surface area contributed by atoms with E-state index in [0.29, 0.717) is 17.7 Å². The lowest BCUT2D eigenvalue weighted by atomic mass is 10.0. The molecule has 2 aromatic carbocycles. The Hall–Kier alpha value is -3.09. The number of hydrogen-bond acceptors (Lipinski definition) is 3. The van der Waals surface area contributed by atoms with Gasteiger partial charge in [-0.05, 0) is 49.6 Å². The average Bonchev–Trinajstić information content (AvgIpc) is 2.73. The van der Waals surface area contributed by atoms with E-state index in [1.165, 1.54) is 12.1 Å². The highest BCUT2D eigenvalue weighted by atomic mass is 19.1. The van der Waals surface area contributed by atoms with Gasteiger partial charge in [0, 0.05) is 37.9 Å². The number of urea groups is 1. The molecule has 1 aliphatic rings. The van der Waals surface area contributed by atoms with Crippen LogP contribution in [0.3, 0.4) is 0 Å². The standard InChI is InChI=1S/C22H27FN4O2/c1-2-24-22(29)26-18-10-12-27(13-11-18)20-9-4-3-8-19(20)21(28)25-15-16-6-5-7-17(23)14-16/h3-9,14,18H,2,10-13,15H2,1H3,(H,25,28)(H2,24,26,29). The van der Waals surface area contributed by atoms with Crippen LogP contribution in [0.4, 0.5) is 14.9 Å². The molecule has 0 bridgehead atoms. The quantitative estimate of drug-likeness (QED) is 0.700. The van der Waals surface area contributed by atoms with Crippen LogP contribution in [0.2, 0.25) is 0 Å². The lowest BCUT2D eigenvalue weighted by Gasteiger charge is -2.34. The van der Waals surface area contributed by atoms with E-state index < -0.39 is 0 Å². The highest BCUT2D eigenvalue weighted by Crippen LogP contribution is 2.24. The summed E-state index contributed by atoms with van der Waals surface area (Å²) in [6, 6.07) is 13.7. The molecule has 1 heterocycles. The van der Waals surface area contributed by atoms with Crippen molar-refractivity contribution in [2.45, 2.75) is 32.4 Å². The van der Waals surface area contributed by atoms with E-state index in [0.717, 1.165) is 31.6 Å². The van der Waals surface area contributed by atoms with Crippen molar-refractivity contribution in [2.24, 2.45) is 0 Å². The number of carbonyl (C=O) groups is 2. The third-order valence-electron chi connectivity index (χ3n) is 5.00. The van der Waals surface area contributed by atoms with Crippen LogP contribution in [0.15, 0.2) is 48.5 Å². The molecule has 3 N–H and O–H groups in total. The van der Waals surface area contributed by atoms with E-state index in [2.05, 4.69) is 20.9 Å². The summed E-state index contributed by atoms with van der Waals surface area (Å²) in [6.07, 6.45) is 1.63. The van der Waals surface area contributed by atoms with Crippen molar-refractivity contribution in [2.75, 3.05) is 24.5 Å². The highest BCUT2D eigenvalue weighted by molar-refractivity contribution is 5.99. The molecule has 0 radical (unpaired) electrons. The molecule has 1 fully saturated rings. The molecule has 29 heavy (non-hydrogen) atoms. The monoisotopic (exact) mass is 398 g/mol. The summed E-state index contributed by atoms with van der Waals surface area (Å²) in [7, 11) is 0. The maximum absolute atomic E-state index is 13.3. The number of anilines is 1. The first-order chi connectivity index (χ1) is 14.1. The van der Waals surface area contributed by atoms with Crippen molar-refractivity contribution < 1.29 is 14.0 Å². The molecule has 0 unspecified atom stereocenters. The second kappa shape index (κ2) is 9.91.